The Labute approximate surface area is 640 Å². The molecular formula is C110H70. The van der Waals surface area contributed by atoms with Gasteiger partial charge in [-0.15, -0.1) is 0 Å². The molecule has 21 rings (SSSR count). The fourth-order valence-corrected chi connectivity index (χ4v) is 18.1. The van der Waals surface area contributed by atoms with Crippen LogP contribution in [0, 0.1) is 0 Å². The second-order valence-corrected chi connectivity index (χ2v) is 29.2. The molecule has 0 aliphatic rings. The van der Waals surface area contributed by atoms with Gasteiger partial charge in [0.25, 0.3) is 0 Å². The molecule has 0 fully saturated rings. The van der Waals surface area contributed by atoms with Gasteiger partial charge in [-0.2, -0.15) is 0 Å². The molecule has 510 valence electrons. The summed E-state index contributed by atoms with van der Waals surface area (Å²) in [5.74, 6) is 0. The summed E-state index contributed by atoms with van der Waals surface area (Å²) in [6.07, 6.45) is 0. The molecular weight excluding hydrogens is 1320 g/mol. The second kappa shape index (κ2) is 26.9. The molecule has 0 amide bonds. The van der Waals surface area contributed by atoms with Gasteiger partial charge in [-0.25, -0.2) is 0 Å². The summed E-state index contributed by atoms with van der Waals surface area (Å²) in [4.78, 5) is 0. The molecule has 0 saturated carbocycles. The van der Waals surface area contributed by atoms with Gasteiger partial charge in [0.1, 0.15) is 0 Å². The van der Waals surface area contributed by atoms with E-state index in [-0.39, 0.29) is 0 Å². The van der Waals surface area contributed by atoms with Gasteiger partial charge in [0.15, 0.2) is 0 Å². The Morgan fingerprint density at radius 1 is 0.0818 bits per heavy atom. The van der Waals surface area contributed by atoms with Crippen molar-refractivity contribution in [1.29, 1.82) is 0 Å². The maximum Gasteiger partial charge on any atom is -0.00139 e. The molecule has 0 N–H and O–H groups in total. The lowest BCUT2D eigenvalue weighted by molar-refractivity contribution is 1.50. The van der Waals surface area contributed by atoms with E-state index < -0.39 is 0 Å². The molecule has 0 unspecified atom stereocenters. The van der Waals surface area contributed by atoms with Gasteiger partial charge in [0, 0.05) is 0 Å². The summed E-state index contributed by atoms with van der Waals surface area (Å²) in [6, 6.07) is 159. The zero-order valence-corrected chi connectivity index (χ0v) is 60.4. The van der Waals surface area contributed by atoms with E-state index in [9.17, 15) is 0 Å². The van der Waals surface area contributed by atoms with Crippen LogP contribution in [-0.4, -0.2) is 0 Å². The van der Waals surface area contributed by atoms with Crippen LogP contribution in [0.1, 0.15) is 0 Å². The third kappa shape index (κ3) is 10.9. The Balaban J connectivity index is 0.853. The molecule has 0 aromatic heterocycles. The predicted molar refractivity (Wildman–Crippen MR) is 470 cm³/mol. The first kappa shape index (κ1) is 64.1. The molecule has 0 radical (unpaired) electrons. The fourth-order valence-electron chi connectivity index (χ4n) is 18.1. The monoisotopic (exact) mass is 1390 g/mol. The van der Waals surface area contributed by atoms with Crippen LogP contribution in [0.2, 0.25) is 0 Å². The van der Waals surface area contributed by atoms with Crippen molar-refractivity contribution in [2.75, 3.05) is 0 Å². The maximum absolute atomic E-state index is 2.44. The van der Waals surface area contributed by atoms with Crippen LogP contribution in [0.3, 0.4) is 0 Å². The van der Waals surface area contributed by atoms with E-state index in [2.05, 4.69) is 425 Å². The van der Waals surface area contributed by atoms with Gasteiger partial charge in [0.05, 0.1) is 0 Å². The van der Waals surface area contributed by atoms with Gasteiger partial charge in [-0.3, -0.25) is 0 Å². The SMILES string of the molecule is c1ccc(-c2c(-c3ccccc3)c(-c3ccccc3)c(-c3ccc(-c4c(-c5ccccc5)c(-c5ccccc5)c(-c5ccccc5)c(-c5ccccc5)c4-c4ccc(-c5cc6ccc7cccc8ccc(c5)c6c78)cc4)cc3)c(-c3ccc(-c4cc5ccc6cccc7ccc(c4)c5c67)cc3)c2-c2ccccc2)cc1. The lowest BCUT2D eigenvalue weighted by Crippen LogP contribution is -2.03. The predicted octanol–water partition coefficient (Wildman–Crippen LogP) is 30.8. The van der Waals surface area contributed by atoms with E-state index >= 15 is 0 Å². The minimum atomic E-state index is 1.10. The van der Waals surface area contributed by atoms with Crippen molar-refractivity contribution in [2.45, 2.75) is 0 Å². The van der Waals surface area contributed by atoms with Crippen molar-refractivity contribution in [2.24, 2.45) is 0 Å². The van der Waals surface area contributed by atoms with Crippen molar-refractivity contribution < 1.29 is 0 Å². The highest BCUT2D eigenvalue weighted by atomic mass is 14.4. The van der Waals surface area contributed by atoms with Crippen molar-refractivity contribution in [3.8, 4) is 156 Å². The average Bonchev–Trinajstić information content (AvgIpc) is 0.719. The lowest BCUT2D eigenvalue weighted by Gasteiger charge is -2.30. The van der Waals surface area contributed by atoms with E-state index in [0.717, 1.165) is 111 Å². The van der Waals surface area contributed by atoms with Gasteiger partial charge >= 0.3 is 0 Å². The third-order valence-corrected chi connectivity index (χ3v) is 22.9. The van der Waals surface area contributed by atoms with Crippen LogP contribution in [0.25, 0.3) is 220 Å². The molecule has 0 bridgehead atoms. The first-order valence-electron chi connectivity index (χ1n) is 38.2. The van der Waals surface area contributed by atoms with Gasteiger partial charge < -0.3 is 0 Å². The Hall–Kier alpha value is -14.3. The van der Waals surface area contributed by atoms with E-state index in [0.29, 0.717) is 0 Å². The average molecular weight is 1390 g/mol. The normalized spacial score (nSPS) is 11.6. The largest absolute Gasteiger partial charge is 0.0622 e. The lowest BCUT2D eigenvalue weighted by atomic mass is 9.73. The Kier molecular flexibility index (Phi) is 15.7. The summed E-state index contributed by atoms with van der Waals surface area (Å²) in [6.45, 7) is 0. The molecule has 0 heteroatoms. The molecule has 0 spiro atoms. The summed E-state index contributed by atoms with van der Waals surface area (Å²) in [7, 11) is 0. The maximum atomic E-state index is 2.44. The van der Waals surface area contributed by atoms with Crippen molar-refractivity contribution in [3.63, 3.8) is 0 Å². The van der Waals surface area contributed by atoms with E-state index in [1.54, 1.807) is 0 Å². The van der Waals surface area contributed by atoms with Crippen LogP contribution >= 0.6 is 0 Å². The molecule has 0 saturated heterocycles. The number of hydrogen-bond donors (Lipinski definition) is 0. The number of hydrogen-bond acceptors (Lipinski definition) is 0. The van der Waals surface area contributed by atoms with Gasteiger partial charge in [0.2, 0.25) is 0 Å². The summed E-state index contributed by atoms with van der Waals surface area (Å²) in [5.41, 5.74) is 32.2. The summed E-state index contributed by atoms with van der Waals surface area (Å²) < 4.78 is 0. The molecule has 0 nitrogen and oxygen atoms in total. The van der Waals surface area contributed by atoms with E-state index in [1.807, 2.05) is 0 Å². The minimum Gasteiger partial charge on any atom is -0.0622 e. The van der Waals surface area contributed by atoms with Crippen LogP contribution in [-0.2, 0) is 0 Å². The quantitative estimate of drug-likeness (QED) is 0.0952. The number of benzene rings is 21. The molecule has 0 atom stereocenters. The van der Waals surface area contributed by atoms with Gasteiger partial charge in [-0.05, 0) is 245 Å². The molecule has 0 heterocycles. The first-order valence-corrected chi connectivity index (χ1v) is 38.2. The van der Waals surface area contributed by atoms with Crippen LogP contribution in [0.5, 0.6) is 0 Å². The number of rotatable bonds is 14. The minimum absolute atomic E-state index is 1.10. The topological polar surface area (TPSA) is 0 Å². The summed E-state index contributed by atoms with van der Waals surface area (Å²) in [5, 5.41) is 15.4. The van der Waals surface area contributed by atoms with Crippen molar-refractivity contribution >= 4 is 64.6 Å². The highest BCUT2D eigenvalue weighted by Crippen LogP contribution is 2.59. The fraction of sp³-hybridized carbons (Fsp3) is 0. The Morgan fingerprint density at radius 3 is 0.391 bits per heavy atom. The zero-order valence-electron chi connectivity index (χ0n) is 60.4. The highest BCUT2D eigenvalue weighted by molar-refractivity contribution is 6.26. The summed E-state index contributed by atoms with van der Waals surface area (Å²) >= 11 is 0. The molecule has 21 aromatic carbocycles. The van der Waals surface area contributed by atoms with E-state index in [1.165, 1.54) is 109 Å². The zero-order chi connectivity index (χ0) is 72.6. The first-order chi connectivity index (χ1) is 54.6. The highest BCUT2D eigenvalue weighted by Gasteiger charge is 2.33. The van der Waals surface area contributed by atoms with Crippen molar-refractivity contribution in [1.82, 2.24) is 0 Å². The Bertz CT molecular complexity index is 6440. The Morgan fingerprint density at radius 2 is 0.218 bits per heavy atom. The third-order valence-electron chi connectivity index (χ3n) is 22.9. The standard InChI is InChI=1S/C110H70/c1-9-27-73(28-10-1)99-101(75-31-13-3-14-32-75)105(79-39-21-7-22-40-79)109(107(103(99)77-35-17-5-18-36-77)85-51-47-71(48-52-85)93-67-89-63-59-81-43-25-44-82-60-64-90(68-93)97(89)95(81)82)87-55-57-88(58-56-87)110-106(80-41-23-8-24-42-80)102(76-33-15-4-16-34-76)100(74-29-11-2-12-30-74)104(78-37-19-6-20-38-78)108(110)86-53-49-72(50-54-86)94-69-91-65-61-83-45-26-46-84-62-66-92(70-94)98(91)96(83)84/h1-70H. The van der Waals surface area contributed by atoms with Crippen LogP contribution in [0.4, 0.5) is 0 Å². The van der Waals surface area contributed by atoms with Crippen molar-refractivity contribution in [3.05, 3.63) is 425 Å². The van der Waals surface area contributed by atoms with Crippen LogP contribution in [0.15, 0.2) is 425 Å². The van der Waals surface area contributed by atoms with Gasteiger partial charge in [-0.1, -0.05) is 400 Å². The molecule has 110 heavy (non-hydrogen) atoms. The smallest absolute Gasteiger partial charge is 0.00139 e. The molecule has 0 aliphatic heterocycles. The van der Waals surface area contributed by atoms with Crippen LogP contribution < -0.4 is 0 Å². The second-order valence-electron chi connectivity index (χ2n) is 29.2. The van der Waals surface area contributed by atoms with E-state index in [4.69, 9.17) is 0 Å². The molecule has 21 aromatic rings. The molecule has 0 aliphatic carbocycles.